The maximum Gasteiger partial charge on any atom is 0.227 e. The van der Waals surface area contributed by atoms with Gasteiger partial charge in [-0.1, -0.05) is 18.2 Å². The summed E-state index contributed by atoms with van der Waals surface area (Å²) in [6, 6.07) is 11.8. The average molecular weight is 411 g/mol. The number of carbonyl (C=O) groups is 1. The van der Waals surface area contributed by atoms with Crippen molar-refractivity contribution in [3.05, 3.63) is 42.0 Å². The molecule has 0 spiro atoms. The maximum absolute atomic E-state index is 12.7. The third-order valence-corrected chi connectivity index (χ3v) is 5.95. The fourth-order valence-electron chi connectivity index (χ4n) is 4.00. The molecule has 4 rings (SSSR count). The molecule has 2 aromatic rings. The number of likely N-dealkylation sites (N-methyl/N-ethyl adjacent to an activating group) is 1. The van der Waals surface area contributed by atoms with Gasteiger partial charge in [-0.3, -0.25) is 4.79 Å². The number of benzene rings is 1. The highest BCUT2D eigenvalue weighted by Crippen LogP contribution is 2.20. The van der Waals surface area contributed by atoms with Crippen molar-refractivity contribution in [2.75, 3.05) is 76.3 Å². The molecule has 1 aromatic heterocycles. The second kappa shape index (κ2) is 9.30. The lowest BCUT2D eigenvalue weighted by Gasteiger charge is -2.36. The van der Waals surface area contributed by atoms with Crippen LogP contribution in [0.3, 0.4) is 0 Å². The number of piperazine rings is 2. The van der Waals surface area contributed by atoms with E-state index in [2.05, 4.69) is 38.0 Å². The zero-order chi connectivity index (χ0) is 20.9. The first-order chi connectivity index (χ1) is 14.6. The average Bonchev–Trinajstić information content (AvgIpc) is 2.80. The fraction of sp³-hybridized carbons (Fsp3) is 0.500. The summed E-state index contributed by atoms with van der Waals surface area (Å²) in [7, 11) is 3.78. The van der Waals surface area contributed by atoms with E-state index in [0.717, 1.165) is 62.2 Å². The smallest absolute Gasteiger partial charge is 0.227 e. The van der Waals surface area contributed by atoms with Crippen molar-refractivity contribution in [3.63, 3.8) is 0 Å². The molecule has 1 amide bonds. The standard InChI is InChI=1S/C22H30N6O2/c1-25-9-11-26(12-10-25)20-7-8-21(24-23-20)27-13-15-28(16-14-27)22(29)17-18-5-3-4-6-19(18)30-2/h3-8H,9-17H2,1-2H3. The molecule has 0 saturated carbocycles. The van der Waals surface area contributed by atoms with Crippen molar-refractivity contribution in [2.24, 2.45) is 0 Å². The summed E-state index contributed by atoms with van der Waals surface area (Å²) >= 11 is 0. The number of ether oxygens (including phenoxy) is 1. The number of carbonyl (C=O) groups excluding carboxylic acids is 1. The highest BCUT2D eigenvalue weighted by molar-refractivity contribution is 5.79. The number of para-hydroxylation sites is 1. The summed E-state index contributed by atoms with van der Waals surface area (Å²) in [5.74, 6) is 2.72. The van der Waals surface area contributed by atoms with E-state index in [1.807, 2.05) is 35.2 Å². The first kappa shape index (κ1) is 20.4. The Labute approximate surface area is 178 Å². The highest BCUT2D eigenvalue weighted by atomic mass is 16.5. The van der Waals surface area contributed by atoms with E-state index in [9.17, 15) is 4.79 Å². The summed E-state index contributed by atoms with van der Waals surface area (Å²) in [6.45, 7) is 6.98. The Morgan fingerprint density at radius 1 is 0.867 bits per heavy atom. The third-order valence-electron chi connectivity index (χ3n) is 5.95. The van der Waals surface area contributed by atoms with Gasteiger partial charge in [0.1, 0.15) is 5.75 Å². The van der Waals surface area contributed by atoms with Crippen LogP contribution in [0.2, 0.25) is 0 Å². The van der Waals surface area contributed by atoms with Crippen molar-refractivity contribution < 1.29 is 9.53 Å². The molecule has 3 heterocycles. The first-order valence-electron chi connectivity index (χ1n) is 10.6. The number of hydrogen-bond donors (Lipinski definition) is 0. The van der Waals surface area contributed by atoms with E-state index < -0.39 is 0 Å². The monoisotopic (exact) mass is 410 g/mol. The lowest BCUT2D eigenvalue weighted by atomic mass is 10.1. The van der Waals surface area contributed by atoms with Crippen LogP contribution in [0.4, 0.5) is 11.6 Å². The molecular formula is C22H30N6O2. The predicted molar refractivity (Wildman–Crippen MR) is 117 cm³/mol. The van der Waals surface area contributed by atoms with E-state index >= 15 is 0 Å². The number of hydrogen-bond acceptors (Lipinski definition) is 7. The van der Waals surface area contributed by atoms with Crippen molar-refractivity contribution in [1.29, 1.82) is 0 Å². The summed E-state index contributed by atoms with van der Waals surface area (Å²) < 4.78 is 5.37. The van der Waals surface area contributed by atoms with Crippen LogP contribution in [-0.2, 0) is 11.2 Å². The molecule has 30 heavy (non-hydrogen) atoms. The van der Waals surface area contributed by atoms with E-state index in [4.69, 9.17) is 4.74 Å². The van der Waals surface area contributed by atoms with Crippen LogP contribution in [0.1, 0.15) is 5.56 Å². The SMILES string of the molecule is COc1ccccc1CC(=O)N1CCN(c2ccc(N3CCN(C)CC3)nn2)CC1. The number of rotatable bonds is 5. The number of nitrogens with zero attached hydrogens (tertiary/aromatic N) is 6. The topological polar surface area (TPSA) is 65.0 Å². The second-order valence-electron chi connectivity index (χ2n) is 7.90. The highest BCUT2D eigenvalue weighted by Gasteiger charge is 2.23. The van der Waals surface area contributed by atoms with Crippen LogP contribution < -0.4 is 14.5 Å². The molecule has 1 aromatic carbocycles. The summed E-state index contributed by atoms with van der Waals surface area (Å²) in [6.07, 6.45) is 0.365. The molecule has 2 aliphatic heterocycles. The van der Waals surface area contributed by atoms with Crippen LogP contribution in [0.15, 0.2) is 36.4 Å². The van der Waals surface area contributed by atoms with Gasteiger partial charge in [0.2, 0.25) is 5.91 Å². The van der Waals surface area contributed by atoms with Gasteiger partial charge in [-0.05, 0) is 25.2 Å². The predicted octanol–water partition coefficient (Wildman–Crippen LogP) is 1.13. The van der Waals surface area contributed by atoms with Gasteiger partial charge in [0.05, 0.1) is 13.5 Å². The lowest BCUT2D eigenvalue weighted by Crippen LogP contribution is -2.49. The fourth-order valence-corrected chi connectivity index (χ4v) is 4.00. The summed E-state index contributed by atoms with van der Waals surface area (Å²) in [5.41, 5.74) is 0.929. The van der Waals surface area contributed by atoms with Gasteiger partial charge in [-0.25, -0.2) is 0 Å². The van der Waals surface area contributed by atoms with Gasteiger partial charge < -0.3 is 24.3 Å². The van der Waals surface area contributed by atoms with E-state index in [1.54, 1.807) is 7.11 Å². The van der Waals surface area contributed by atoms with Crippen molar-refractivity contribution in [2.45, 2.75) is 6.42 Å². The lowest BCUT2D eigenvalue weighted by molar-refractivity contribution is -0.130. The molecule has 0 N–H and O–H groups in total. The van der Waals surface area contributed by atoms with Crippen LogP contribution >= 0.6 is 0 Å². The molecule has 2 aliphatic rings. The Morgan fingerprint density at radius 2 is 1.43 bits per heavy atom. The first-order valence-corrected chi connectivity index (χ1v) is 10.6. The van der Waals surface area contributed by atoms with Gasteiger partial charge in [0.15, 0.2) is 11.6 Å². The number of anilines is 2. The Balaban J connectivity index is 1.30. The molecule has 2 fully saturated rings. The zero-order valence-electron chi connectivity index (χ0n) is 17.8. The molecule has 160 valence electrons. The molecule has 0 unspecified atom stereocenters. The Hall–Kier alpha value is -2.87. The van der Waals surface area contributed by atoms with E-state index in [-0.39, 0.29) is 5.91 Å². The minimum atomic E-state index is 0.135. The Bertz CT molecular complexity index is 843. The van der Waals surface area contributed by atoms with Crippen molar-refractivity contribution in [3.8, 4) is 5.75 Å². The maximum atomic E-state index is 12.7. The van der Waals surface area contributed by atoms with E-state index in [1.165, 1.54) is 0 Å². The number of amides is 1. The van der Waals surface area contributed by atoms with Crippen LogP contribution in [0, 0.1) is 0 Å². The van der Waals surface area contributed by atoms with Gasteiger partial charge in [-0.15, -0.1) is 10.2 Å². The number of aromatic nitrogens is 2. The van der Waals surface area contributed by atoms with E-state index in [0.29, 0.717) is 19.5 Å². The van der Waals surface area contributed by atoms with Crippen LogP contribution in [0.25, 0.3) is 0 Å². The summed E-state index contributed by atoms with van der Waals surface area (Å²) in [5, 5.41) is 8.91. The second-order valence-corrected chi connectivity index (χ2v) is 7.90. The quantitative estimate of drug-likeness (QED) is 0.732. The molecule has 0 aliphatic carbocycles. The Kier molecular flexibility index (Phi) is 6.32. The van der Waals surface area contributed by atoms with Gasteiger partial charge in [-0.2, -0.15) is 0 Å². The molecule has 0 atom stereocenters. The molecule has 8 heteroatoms. The van der Waals surface area contributed by atoms with Crippen molar-refractivity contribution >= 4 is 17.5 Å². The molecular weight excluding hydrogens is 380 g/mol. The minimum Gasteiger partial charge on any atom is -0.496 e. The molecule has 0 radical (unpaired) electrons. The molecule has 8 nitrogen and oxygen atoms in total. The molecule has 2 saturated heterocycles. The van der Waals surface area contributed by atoms with Gasteiger partial charge in [0.25, 0.3) is 0 Å². The zero-order valence-corrected chi connectivity index (χ0v) is 17.8. The Morgan fingerprint density at radius 3 is 2.00 bits per heavy atom. The summed E-state index contributed by atoms with van der Waals surface area (Å²) in [4.78, 5) is 21.5. The molecule has 0 bridgehead atoms. The third kappa shape index (κ3) is 4.64. The van der Waals surface area contributed by atoms with Crippen molar-refractivity contribution in [1.82, 2.24) is 20.0 Å². The van der Waals surface area contributed by atoms with Crippen LogP contribution in [-0.4, -0.2) is 92.4 Å². The minimum absolute atomic E-state index is 0.135. The largest absolute Gasteiger partial charge is 0.496 e. The normalized spacial score (nSPS) is 17.9. The van der Waals surface area contributed by atoms with Gasteiger partial charge >= 0.3 is 0 Å². The van der Waals surface area contributed by atoms with Crippen LogP contribution in [0.5, 0.6) is 5.75 Å². The van der Waals surface area contributed by atoms with Gasteiger partial charge in [0, 0.05) is 57.9 Å². The number of methoxy groups -OCH3 is 1.